The van der Waals surface area contributed by atoms with Crippen LogP contribution in [-0.4, -0.2) is 46.9 Å². The van der Waals surface area contributed by atoms with Gasteiger partial charge in [-0.15, -0.1) is 11.3 Å². The van der Waals surface area contributed by atoms with Crippen LogP contribution < -0.4 is 5.32 Å². The Morgan fingerprint density at radius 3 is 2.76 bits per heavy atom. The summed E-state index contributed by atoms with van der Waals surface area (Å²) < 4.78 is 18.5. The van der Waals surface area contributed by atoms with E-state index in [4.69, 9.17) is 9.72 Å². The molecule has 2 aromatic carbocycles. The highest BCUT2D eigenvalue weighted by Gasteiger charge is 2.26. The SMILES string of the molecule is CN1CCc2nc3ccccc3c(C(=O)OCC(=O)Nc3nc(-c4ccc(F)cc4)cs3)c2C1. The standard InChI is InChI=1S/C25H21FN4O3S/c1-30-11-10-20-18(12-30)23(17-4-2-3-5-19(17)27-20)24(32)33-13-22(31)29-25-28-21(14-34-25)15-6-8-16(26)9-7-15/h2-9,14H,10-13H2,1H3,(H,28,29,31). The van der Waals surface area contributed by atoms with Crippen molar-refractivity contribution < 1.29 is 18.7 Å². The van der Waals surface area contributed by atoms with E-state index in [1.54, 1.807) is 17.5 Å². The quantitative estimate of drug-likeness (QED) is 0.433. The van der Waals surface area contributed by atoms with Crippen LogP contribution in [0.15, 0.2) is 53.9 Å². The molecular weight excluding hydrogens is 455 g/mol. The highest BCUT2D eigenvalue weighted by molar-refractivity contribution is 7.14. The fourth-order valence-corrected chi connectivity index (χ4v) is 4.74. The average Bonchev–Trinajstić information content (AvgIpc) is 3.30. The maximum Gasteiger partial charge on any atom is 0.339 e. The maximum atomic E-state index is 13.1. The number of thiazole rings is 1. The number of para-hydroxylation sites is 1. The molecule has 1 aliphatic rings. The first kappa shape index (κ1) is 22.1. The molecule has 9 heteroatoms. The number of amides is 1. The minimum Gasteiger partial charge on any atom is -0.452 e. The van der Waals surface area contributed by atoms with Crippen molar-refractivity contribution >= 4 is 39.2 Å². The Bertz CT molecular complexity index is 1390. The normalized spacial score (nSPS) is 13.5. The Labute approximate surface area is 199 Å². The summed E-state index contributed by atoms with van der Waals surface area (Å²) in [6.45, 7) is 1.02. The number of aromatic nitrogens is 2. The molecule has 0 saturated heterocycles. The third-order valence-electron chi connectivity index (χ3n) is 5.67. The smallest absolute Gasteiger partial charge is 0.339 e. The van der Waals surface area contributed by atoms with Gasteiger partial charge < -0.3 is 9.64 Å². The first-order valence-corrected chi connectivity index (χ1v) is 11.6. The fraction of sp³-hybridized carbons (Fsp3) is 0.200. The lowest BCUT2D eigenvalue weighted by molar-refractivity contribution is -0.119. The van der Waals surface area contributed by atoms with E-state index in [9.17, 15) is 14.0 Å². The van der Waals surface area contributed by atoms with Crippen molar-refractivity contribution in [3.05, 3.63) is 76.5 Å². The maximum absolute atomic E-state index is 13.1. The first-order chi connectivity index (χ1) is 16.5. The molecule has 0 radical (unpaired) electrons. The summed E-state index contributed by atoms with van der Waals surface area (Å²) in [6.07, 6.45) is 0.748. The van der Waals surface area contributed by atoms with Crippen LogP contribution in [0.2, 0.25) is 0 Å². The number of carbonyl (C=O) groups excluding carboxylic acids is 2. The lowest BCUT2D eigenvalue weighted by Gasteiger charge is -2.26. The van der Waals surface area contributed by atoms with Crippen LogP contribution in [0.5, 0.6) is 0 Å². The Morgan fingerprint density at radius 1 is 1.15 bits per heavy atom. The van der Waals surface area contributed by atoms with E-state index in [1.165, 1.54) is 23.5 Å². The van der Waals surface area contributed by atoms with Crippen molar-refractivity contribution in [2.24, 2.45) is 0 Å². The van der Waals surface area contributed by atoms with Crippen molar-refractivity contribution in [2.75, 3.05) is 25.5 Å². The largest absolute Gasteiger partial charge is 0.452 e. The number of esters is 1. The lowest BCUT2D eigenvalue weighted by atomic mass is 9.96. The summed E-state index contributed by atoms with van der Waals surface area (Å²) in [5.74, 6) is -1.37. The molecule has 172 valence electrons. The minimum atomic E-state index is -0.550. The van der Waals surface area contributed by atoms with Crippen LogP contribution in [0, 0.1) is 5.82 Å². The molecule has 5 rings (SSSR count). The predicted octanol–water partition coefficient (Wildman–Crippen LogP) is 4.28. The third kappa shape index (κ3) is 4.52. The van der Waals surface area contributed by atoms with Gasteiger partial charge >= 0.3 is 5.97 Å². The summed E-state index contributed by atoms with van der Waals surface area (Å²) in [6, 6.07) is 13.4. The zero-order valence-electron chi connectivity index (χ0n) is 18.4. The van der Waals surface area contributed by atoms with E-state index in [1.807, 2.05) is 31.3 Å². The topological polar surface area (TPSA) is 84.4 Å². The van der Waals surface area contributed by atoms with Crippen LogP contribution in [0.1, 0.15) is 21.6 Å². The monoisotopic (exact) mass is 476 g/mol. The molecule has 1 amide bonds. The van der Waals surface area contributed by atoms with Gasteiger partial charge in [-0.3, -0.25) is 15.1 Å². The molecule has 0 saturated carbocycles. The molecule has 0 atom stereocenters. The molecule has 0 bridgehead atoms. The Kier molecular flexibility index (Phi) is 6.04. The van der Waals surface area contributed by atoms with Crippen molar-refractivity contribution in [1.29, 1.82) is 0 Å². The second-order valence-corrected chi connectivity index (χ2v) is 8.94. The number of likely N-dealkylation sites (N-methyl/N-ethyl adjacent to an activating group) is 1. The summed E-state index contributed by atoms with van der Waals surface area (Å²) in [7, 11) is 1.99. The van der Waals surface area contributed by atoms with Crippen molar-refractivity contribution in [2.45, 2.75) is 13.0 Å². The number of rotatable bonds is 5. The summed E-state index contributed by atoms with van der Waals surface area (Å²) in [4.78, 5) is 36.8. The van der Waals surface area contributed by atoms with E-state index in [0.29, 0.717) is 28.3 Å². The summed E-state index contributed by atoms with van der Waals surface area (Å²) in [5.41, 5.74) is 4.30. The Morgan fingerprint density at radius 2 is 1.94 bits per heavy atom. The van der Waals surface area contributed by atoms with E-state index in [0.717, 1.165) is 35.3 Å². The van der Waals surface area contributed by atoms with Crippen molar-refractivity contribution in [3.63, 3.8) is 0 Å². The molecule has 2 aromatic heterocycles. The van der Waals surface area contributed by atoms with Gasteiger partial charge in [-0.2, -0.15) is 0 Å². The fourth-order valence-electron chi connectivity index (χ4n) is 4.00. The number of nitrogens with zero attached hydrogens (tertiary/aromatic N) is 3. The number of fused-ring (bicyclic) bond motifs is 2. The van der Waals surface area contributed by atoms with Crippen molar-refractivity contribution in [1.82, 2.24) is 14.9 Å². The Hall–Kier alpha value is -3.69. The summed E-state index contributed by atoms with van der Waals surface area (Å²) >= 11 is 1.24. The van der Waals surface area contributed by atoms with Gasteiger partial charge in [-0.25, -0.2) is 14.2 Å². The minimum absolute atomic E-state index is 0.329. The van der Waals surface area contributed by atoms with Gasteiger partial charge in [0.05, 0.1) is 16.8 Å². The number of ether oxygens (including phenoxy) is 1. The molecule has 1 N–H and O–H groups in total. The third-order valence-corrected chi connectivity index (χ3v) is 6.42. The second-order valence-electron chi connectivity index (χ2n) is 8.09. The molecule has 0 aliphatic carbocycles. The van der Waals surface area contributed by atoms with Gasteiger partial charge in [0.1, 0.15) is 5.82 Å². The molecule has 3 heterocycles. The predicted molar refractivity (Wildman–Crippen MR) is 128 cm³/mol. The first-order valence-electron chi connectivity index (χ1n) is 10.8. The highest BCUT2D eigenvalue weighted by Crippen LogP contribution is 2.29. The van der Waals surface area contributed by atoms with Crippen molar-refractivity contribution in [3.8, 4) is 11.3 Å². The molecule has 34 heavy (non-hydrogen) atoms. The zero-order chi connectivity index (χ0) is 23.7. The van der Waals surface area contributed by atoms with Crippen LogP contribution in [0.25, 0.3) is 22.2 Å². The molecule has 4 aromatic rings. The van der Waals surface area contributed by atoms with E-state index in [-0.39, 0.29) is 5.82 Å². The number of carbonyl (C=O) groups is 2. The zero-order valence-corrected chi connectivity index (χ0v) is 19.2. The number of pyridine rings is 1. The second kappa shape index (κ2) is 9.28. The number of nitrogens with one attached hydrogen (secondary N) is 1. The number of anilines is 1. The molecule has 0 fully saturated rings. The molecule has 0 unspecified atom stereocenters. The van der Waals surface area contributed by atoms with Crippen LogP contribution >= 0.6 is 11.3 Å². The van der Waals surface area contributed by atoms with E-state index >= 15 is 0 Å². The lowest BCUT2D eigenvalue weighted by Crippen LogP contribution is -2.30. The van der Waals surface area contributed by atoms with Gasteiger partial charge in [0.15, 0.2) is 11.7 Å². The molecule has 0 spiro atoms. The number of hydrogen-bond donors (Lipinski definition) is 1. The van der Waals surface area contributed by atoms with Crippen LogP contribution in [-0.2, 0) is 22.5 Å². The van der Waals surface area contributed by atoms with Crippen LogP contribution in [0.3, 0.4) is 0 Å². The molecule has 7 nitrogen and oxygen atoms in total. The van der Waals surface area contributed by atoms with Gasteiger partial charge in [-0.1, -0.05) is 18.2 Å². The number of benzene rings is 2. The number of hydrogen-bond acceptors (Lipinski definition) is 7. The van der Waals surface area contributed by atoms with Gasteiger partial charge in [0, 0.05) is 47.1 Å². The van der Waals surface area contributed by atoms with E-state index < -0.39 is 18.5 Å². The highest BCUT2D eigenvalue weighted by atomic mass is 32.1. The van der Waals surface area contributed by atoms with Crippen LogP contribution in [0.4, 0.5) is 9.52 Å². The number of halogens is 1. The molecule has 1 aliphatic heterocycles. The van der Waals surface area contributed by atoms with Gasteiger partial charge in [-0.05, 0) is 37.4 Å². The average molecular weight is 477 g/mol. The molecular formula is C25H21FN4O3S. The Balaban J connectivity index is 1.30. The van der Waals surface area contributed by atoms with Gasteiger partial charge in [0.2, 0.25) is 0 Å². The van der Waals surface area contributed by atoms with Gasteiger partial charge in [0.25, 0.3) is 5.91 Å². The van der Waals surface area contributed by atoms with E-state index in [2.05, 4.69) is 15.2 Å². The summed E-state index contributed by atoms with van der Waals surface area (Å²) in [5, 5.41) is 5.50.